The number of hydrogen-bond donors (Lipinski definition) is 5. The molecule has 13 nitrogen and oxygen atoms in total. The number of aromatic amines is 1. The SMILES string of the molecule is CCC(C)C(NC(=O)CCC(=O)O)C(=O)NCC(=O)N1c2ccccc2C[C@H]1C(=O)NCc1cn[nH]n1. The summed E-state index contributed by atoms with van der Waals surface area (Å²) in [5.41, 5.74) is 1.95. The van der Waals surface area contributed by atoms with E-state index in [0.29, 0.717) is 24.2 Å². The molecule has 2 aromatic rings. The van der Waals surface area contributed by atoms with Crippen LogP contribution in [0.4, 0.5) is 5.69 Å². The van der Waals surface area contributed by atoms with Gasteiger partial charge in [0.05, 0.1) is 25.7 Å². The molecule has 1 aromatic heterocycles. The maximum absolute atomic E-state index is 13.3. The summed E-state index contributed by atoms with van der Waals surface area (Å²) in [6.45, 7) is 3.37. The summed E-state index contributed by atoms with van der Waals surface area (Å²) in [5.74, 6) is -3.36. The molecule has 2 unspecified atom stereocenters. The van der Waals surface area contributed by atoms with E-state index in [1.807, 2.05) is 19.1 Å². The van der Waals surface area contributed by atoms with Gasteiger partial charge in [0.1, 0.15) is 17.8 Å². The third-order valence-electron chi connectivity index (χ3n) is 6.25. The molecule has 4 amide bonds. The molecule has 3 rings (SSSR count). The van der Waals surface area contributed by atoms with E-state index in [9.17, 15) is 24.0 Å². The molecule has 0 spiro atoms. The number of nitrogens with zero attached hydrogens (tertiary/aromatic N) is 3. The molecule has 1 aliphatic rings. The summed E-state index contributed by atoms with van der Waals surface area (Å²) < 4.78 is 0. The van der Waals surface area contributed by atoms with Crippen molar-refractivity contribution in [2.75, 3.05) is 11.4 Å². The average molecular weight is 514 g/mol. The number of aromatic nitrogens is 3. The van der Waals surface area contributed by atoms with Crippen LogP contribution in [0, 0.1) is 5.92 Å². The van der Waals surface area contributed by atoms with E-state index in [1.165, 1.54) is 11.1 Å². The highest BCUT2D eigenvalue weighted by atomic mass is 16.4. The van der Waals surface area contributed by atoms with Gasteiger partial charge in [0.15, 0.2) is 0 Å². The van der Waals surface area contributed by atoms with Crippen molar-refractivity contribution in [3.05, 3.63) is 41.7 Å². The lowest BCUT2D eigenvalue weighted by molar-refractivity contribution is -0.139. The molecular formula is C24H31N7O6. The standard InChI is InChI=1S/C24H31N7O6/c1-3-14(2)22(28-19(32)8-9-21(34)35)24(37)26-13-20(33)31-17-7-5-4-6-15(17)10-18(31)23(36)25-11-16-12-27-30-29-16/h4-7,12,14,18,22H,3,8-11,13H2,1-2H3,(H,25,36)(H,26,37)(H,28,32)(H,34,35)(H,27,29,30)/t14?,18-,22?/m0/s1. The van der Waals surface area contributed by atoms with Gasteiger partial charge in [0.2, 0.25) is 23.6 Å². The van der Waals surface area contributed by atoms with Gasteiger partial charge in [-0.1, -0.05) is 38.5 Å². The Kier molecular flexibility index (Phi) is 9.30. The second-order valence-electron chi connectivity index (χ2n) is 8.83. The highest BCUT2D eigenvalue weighted by molar-refractivity contribution is 6.05. The van der Waals surface area contributed by atoms with Crippen molar-refractivity contribution < 1.29 is 29.1 Å². The fourth-order valence-corrected chi connectivity index (χ4v) is 4.04. The molecule has 2 heterocycles. The van der Waals surface area contributed by atoms with Crippen LogP contribution in [0.2, 0.25) is 0 Å². The molecule has 1 aliphatic heterocycles. The number of H-pyrrole nitrogens is 1. The summed E-state index contributed by atoms with van der Waals surface area (Å²) in [5, 5.41) is 26.8. The number of rotatable bonds is 12. The van der Waals surface area contributed by atoms with Gasteiger partial charge in [-0.3, -0.25) is 28.9 Å². The first-order valence-electron chi connectivity index (χ1n) is 12.0. The van der Waals surface area contributed by atoms with E-state index in [-0.39, 0.29) is 31.2 Å². The van der Waals surface area contributed by atoms with Gasteiger partial charge >= 0.3 is 5.97 Å². The zero-order chi connectivity index (χ0) is 26.9. The Morgan fingerprint density at radius 3 is 2.59 bits per heavy atom. The summed E-state index contributed by atoms with van der Waals surface area (Å²) in [6.07, 6.45) is 1.75. The maximum Gasteiger partial charge on any atom is 0.303 e. The smallest absolute Gasteiger partial charge is 0.303 e. The highest BCUT2D eigenvalue weighted by Crippen LogP contribution is 2.32. The van der Waals surface area contributed by atoms with Gasteiger partial charge in [-0.15, -0.1) is 0 Å². The second kappa shape index (κ2) is 12.6. The highest BCUT2D eigenvalue weighted by Gasteiger charge is 2.38. The number of hydrogen-bond acceptors (Lipinski definition) is 7. The van der Waals surface area contributed by atoms with E-state index in [0.717, 1.165) is 5.56 Å². The van der Waals surface area contributed by atoms with Gasteiger partial charge in [-0.25, -0.2) is 0 Å². The molecule has 1 aromatic carbocycles. The van der Waals surface area contributed by atoms with Gasteiger partial charge in [0, 0.05) is 18.5 Å². The Morgan fingerprint density at radius 2 is 1.92 bits per heavy atom. The number of amides is 4. The normalized spacial score (nSPS) is 15.8. The van der Waals surface area contributed by atoms with E-state index in [2.05, 4.69) is 31.4 Å². The van der Waals surface area contributed by atoms with Crippen LogP contribution < -0.4 is 20.9 Å². The average Bonchev–Trinajstić information content (AvgIpc) is 3.55. The largest absolute Gasteiger partial charge is 0.481 e. The van der Waals surface area contributed by atoms with E-state index >= 15 is 0 Å². The Morgan fingerprint density at radius 1 is 1.16 bits per heavy atom. The topological polar surface area (TPSA) is 186 Å². The predicted octanol–water partition coefficient (Wildman–Crippen LogP) is -0.109. The number of anilines is 1. The van der Waals surface area contributed by atoms with E-state index in [4.69, 9.17) is 5.11 Å². The Balaban J connectivity index is 1.67. The first-order valence-corrected chi connectivity index (χ1v) is 12.0. The number of carboxylic acids is 1. The van der Waals surface area contributed by atoms with Gasteiger partial charge < -0.3 is 21.1 Å². The minimum atomic E-state index is -1.11. The molecule has 13 heteroatoms. The molecular weight excluding hydrogens is 482 g/mol. The lowest BCUT2D eigenvalue weighted by Gasteiger charge is -2.26. The van der Waals surface area contributed by atoms with Crippen molar-refractivity contribution in [3.63, 3.8) is 0 Å². The van der Waals surface area contributed by atoms with Crippen LogP contribution in [0.1, 0.15) is 44.4 Å². The molecule has 198 valence electrons. The first kappa shape index (κ1) is 27.3. The minimum absolute atomic E-state index is 0.138. The Labute approximate surface area is 213 Å². The van der Waals surface area contributed by atoms with Crippen molar-refractivity contribution in [3.8, 4) is 0 Å². The fraction of sp³-hybridized carbons (Fsp3) is 0.458. The van der Waals surface area contributed by atoms with Crippen LogP contribution in [0.15, 0.2) is 30.5 Å². The van der Waals surface area contributed by atoms with Crippen LogP contribution in [-0.4, -0.2) is 68.7 Å². The van der Waals surface area contributed by atoms with Gasteiger partial charge in [-0.2, -0.15) is 15.4 Å². The Hall–Kier alpha value is -4.29. The van der Waals surface area contributed by atoms with Crippen LogP contribution in [-0.2, 0) is 36.9 Å². The number of carbonyl (C=O) groups excluding carboxylic acids is 4. The zero-order valence-electron chi connectivity index (χ0n) is 20.7. The molecule has 0 bridgehead atoms. The van der Waals surface area contributed by atoms with Gasteiger partial charge in [0.25, 0.3) is 0 Å². The number of para-hydroxylation sites is 1. The lowest BCUT2D eigenvalue weighted by Crippen LogP contribution is -2.54. The first-order chi connectivity index (χ1) is 17.7. The predicted molar refractivity (Wildman–Crippen MR) is 131 cm³/mol. The number of aliphatic carboxylic acids is 1. The fourth-order valence-electron chi connectivity index (χ4n) is 4.04. The molecule has 5 N–H and O–H groups in total. The quantitative estimate of drug-likeness (QED) is 0.260. The second-order valence-corrected chi connectivity index (χ2v) is 8.83. The van der Waals surface area contributed by atoms with Crippen molar-refractivity contribution in [2.24, 2.45) is 5.92 Å². The summed E-state index contributed by atoms with van der Waals surface area (Å²) >= 11 is 0. The third-order valence-corrected chi connectivity index (χ3v) is 6.25. The lowest BCUT2D eigenvalue weighted by atomic mass is 9.98. The van der Waals surface area contributed by atoms with Crippen LogP contribution in [0.5, 0.6) is 0 Å². The van der Waals surface area contributed by atoms with Crippen LogP contribution in [0.25, 0.3) is 0 Å². The molecule has 0 radical (unpaired) electrons. The van der Waals surface area contributed by atoms with Gasteiger partial charge in [-0.05, 0) is 17.5 Å². The van der Waals surface area contributed by atoms with Crippen molar-refractivity contribution in [1.29, 1.82) is 0 Å². The van der Waals surface area contributed by atoms with E-state index < -0.39 is 42.3 Å². The molecule has 0 fully saturated rings. The van der Waals surface area contributed by atoms with Crippen LogP contribution in [0.3, 0.4) is 0 Å². The molecule has 0 saturated carbocycles. The third kappa shape index (κ3) is 7.12. The molecule has 0 saturated heterocycles. The minimum Gasteiger partial charge on any atom is -0.481 e. The summed E-state index contributed by atoms with van der Waals surface area (Å²) in [4.78, 5) is 63.4. The summed E-state index contributed by atoms with van der Waals surface area (Å²) in [7, 11) is 0. The number of carboxylic acid groups (broad SMARTS) is 1. The molecule has 3 atom stereocenters. The number of nitrogens with one attached hydrogen (secondary N) is 4. The van der Waals surface area contributed by atoms with Crippen molar-refractivity contribution >= 4 is 35.3 Å². The monoisotopic (exact) mass is 513 g/mol. The van der Waals surface area contributed by atoms with Crippen LogP contribution >= 0.6 is 0 Å². The number of benzene rings is 1. The molecule has 37 heavy (non-hydrogen) atoms. The van der Waals surface area contributed by atoms with E-state index in [1.54, 1.807) is 19.1 Å². The summed E-state index contributed by atoms with van der Waals surface area (Å²) in [6, 6.07) is 5.41. The maximum atomic E-state index is 13.3. The molecule has 0 aliphatic carbocycles. The Bertz CT molecular complexity index is 1140. The number of fused-ring (bicyclic) bond motifs is 1. The van der Waals surface area contributed by atoms with Crippen molar-refractivity contribution in [1.82, 2.24) is 31.4 Å². The van der Waals surface area contributed by atoms with Crippen molar-refractivity contribution in [2.45, 2.75) is 58.2 Å². The zero-order valence-corrected chi connectivity index (χ0v) is 20.7. The number of carbonyl (C=O) groups is 5.